The van der Waals surface area contributed by atoms with Crippen LogP contribution in [0.4, 0.5) is 0 Å². The van der Waals surface area contributed by atoms with Crippen LogP contribution in [0.3, 0.4) is 0 Å². The summed E-state index contributed by atoms with van der Waals surface area (Å²) in [5.74, 6) is 2.75. The van der Waals surface area contributed by atoms with Crippen molar-refractivity contribution in [2.75, 3.05) is 40.6 Å². The quantitative estimate of drug-likeness (QED) is 0.488. The molecule has 4 rings (SSSR count). The zero-order valence-electron chi connectivity index (χ0n) is 19.9. The Bertz CT molecular complexity index is 874. The van der Waals surface area contributed by atoms with Gasteiger partial charge in [0.15, 0.2) is 23.0 Å². The normalized spacial score (nSPS) is 22.9. The molecule has 32 heavy (non-hydrogen) atoms. The van der Waals surface area contributed by atoms with Crippen LogP contribution in [0.1, 0.15) is 51.0 Å². The largest absolute Gasteiger partial charge is 0.493 e. The van der Waals surface area contributed by atoms with Crippen molar-refractivity contribution in [1.29, 1.82) is 0 Å². The summed E-state index contributed by atoms with van der Waals surface area (Å²) in [6, 6.07) is 11.9. The SMILES string of the molecule is COc1cc(C2OCC2(C)C)ccc1OCCOc1ccc(C2OCC2(C)C)cc1OC. The Balaban J connectivity index is 1.34. The molecule has 2 unspecified atom stereocenters. The van der Waals surface area contributed by atoms with Crippen molar-refractivity contribution >= 4 is 0 Å². The van der Waals surface area contributed by atoms with Gasteiger partial charge in [-0.15, -0.1) is 0 Å². The highest BCUT2D eigenvalue weighted by molar-refractivity contribution is 5.45. The third kappa shape index (κ3) is 4.39. The summed E-state index contributed by atoms with van der Waals surface area (Å²) in [5.41, 5.74) is 2.47. The van der Waals surface area contributed by atoms with E-state index in [2.05, 4.69) is 27.7 Å². The lowest BCUT2D eigenvalue weighted by Crippen LogP contribution is -2.40. The van der Waals surface area contributed by atoms with E-state index in [1.807, 2.05) is 36.4 Å². The predicted octanol–water partition coefficient (Wildman–Crippen LogP) is 5.36. The molecule has 6 nitrogen and oxygen atoms in total. The molecule has 0 bridgehead atoms. The number of methoxy groups -OCH3 is 2. The summed E-state index contributed by atoms with van der Waals surface area (Å²) in [7, 11) is 3.30. The predicted molar refractivity (Wildman–Crippen MR) is 122 cm³/mol. The fraction of sp³-hybridized carbons (Fsp3) is 0.538. The summed E-state index contributed by atoms with van der Waals surface area (Å²) in [6.45, 7) is 11.1. The maximum atomic E-state index is 5.93. The minimum absolute atomic E-state index is 0.0835. The summed E-state index contributed by atoms with van der Waals surface area (Å²) in [4.78, 5) is 0. The zero-order chi connectivity index (χ0) is 22.9. The van der Waals surface area contributed by atoms with E-state index < -0.39 is 0 Å². The van der Waals surface area contributed by atoms with Gasteiger partial charge in [0.2, 0.25) is 0 Å². The molecule has 0 saturated carbocycles. The maximum absolute atomic E-state index is 5.93. The second-order valence-electron chi connectivity index (χ2n) is 9.88. The summed E-state index contributed by atoms with van der Waals surface area (Å²) < 4.78 is 34.4. The van der Waals surface area contributed by atoms with E-state index >= 15 is 0 Å². The van der Waals surface area contributed by atoms with Gasteiger partial charge in [-0.2, -0.15) is 0 Å². The Morgan fingerprint density at radius 2 is 1.09 bits per heavy atom. The van der Waals surface area contributed by atoms with E-state index in [1.165, 1.54) is 0 Å². The minimum Gasteiger partial charge on any atom is -0.493 e. The van der Waals surface area contributed by atoms with Gasteiger partial charge >= 0.3 is 0 Å². The molecule has 2 saturated heterocycles. The average molecular weight is 443 g/mol. The average Bonchev–Trinajstić information content (AvgIpc) is 2.76. The van der Waals surface area contributed by atoms with Crippen LogP contribution in [0.25, 0.3) is 0 Å². The lowest BCUT2D eigenvalue weighted by atomic mass is 9.79. The Hall–Kier alpha value is -2.44. The Labute approximate surface area is 190 Å². The van der Waals surface area contributed by atoms with Crippen molar-refractivity contribution in [3.05, 3.63) is 47.5 Å². The molecule has 2 aliphatic heterocycles. The second kappa shape index (κ2) is 8.83. The van der Waals surface area contributed by atoms with Crippen LogP contribution in [0.5, 0.6) is 23.0 Å². The molecule has 2 aromatic carbocycles. The minimum atomic E-state index is 0.0835. The van der Waals surface area contributed by atoms with Crippen LogP contribution in [0.15, 0.2) is 36.4 Å². The van der Waals surface area contributed by atoms with Gasteiger partial charge in [0.05, 0.1) is 39.6 Å². The second-order valence-corrected chi connectivity index (χ2v) is 9.88. The topological polar surface area (TPSA) is 55.4 Å². The van der Waals surface area contributed by atoms with Gasteiger partial charge in [-0.05, 0) is 35.4 Å². The number of rotatable bonds is 9. The summed E-state index contributed by atoms with van der Waals surface area (Å²) in [5, 5.41) is 0. The molecule has 2 heterocycles. The lowest BCUT2D eigenvalue weighted by molar-refractivity contribution is -0.172. The highest BCUT2D eigenvalue weighted by Gasteiger charge is 2.42. The third-order valence-electron chi connectivity index (χ3n) is 6.24. The van der Waals surface area contributed by atoms with Gasteiger partial charge in [0.1, 0.15) is 13.2 Å². The van der Waals surface area contributed by atoms with Gasteiger partial charge < -0.3 is 28.4 Å². The van der Waals surface area contributed by atoms with Crippen molar-refractivity contribution in [3.63, 3.8) is 0 Å². The fourth-order valence-corrected chi connectivity index (χ4v) is 4.33. The molecule has 2 fully saturated rings. The first-order valence-corrected chi connectivity index (χ1v) is 11.1. The molecule has 0 aromatic heterocycles. The van der Waals surface area contributed by atoms with E-state index in [0.29, 0.717) is 36.2 Å². The van der Waals surface area contributed by atoms with E-state index in [4.69, 9.17) is 28.4 Å². The van der Waals surface area contributed by atoms with Crippen molar-refractivity contribution in [1.82, 2.24) is 0 Å². The molecule has 0 amide bonds. The van der Waals surface area contributed by atoms with Crippen LogP contribution in [-0.2, 0) is 9.47 Å². The fourth-order valence-electron chi connectivity index (χ4n) is 4.33. The molecular weight excluding hydrogens is 408 g/mol. The molecule has 6 heteroatoms. The van der Waals surface area contributed by atoms with Gasteiger partial charge in [-0.3, -0.25) is 0 Å². The molecule has 2 aromatic rings. The van der Waals surface area contributed by atoms with Crippen LogP contribution in [-0.4, -0.2) is 40.6 Å². The van der Waals surface area contributed by atoms with Crippen LogP contribution in [0, 0.1) is 10.8 Å². The number of hydrogen-bond acceptors (Lipinski definition) is 6. The first-order valence-electron chi connectivity index (χ1n) is 11.1. The molecule has 0 spiro atoms. The van der Waals surface area contributed by atoms with E-state index in [9.17, 15) is 0 Å². The first-order chi connectivity index (χ1) is 15.2. The van der Waals surface area contributed by atoms with Crippen molar-refractivity contribution < 1.29 is 28.4 Å². The molecule has 174 valence electrons. The van der Waals surface area contributed by atoms with Gasteiger partial charge in [0.25, 0.3) is 0 Å². The van der Waals surface area contributed by atoms with Gasteiger partial charge in [-0.1, -0.05) is 39.8 Å². The summed E-state index contributed by atoms with van der Waals surface area (Å²) in [6.07, 6.45) is 0.167. The van der Waals surface area contributed by atoms with Crippen LogP contribution >= 0.6 is 0 Å². The van der Waals surface area contributed by atoms with Crippen LogP contribution in [0.2, 0.25) is 0 Å². The van der Waals surface area contributed by atoms with Gasteiger partial charge in [-0.25, -0.2) is 0 Å². The standard InChI is InChI=1S/C26H34O6/c1-25(2)15-31-23(25)17-7-9-19(21(13-17)27-5)29-11-12-30-20-10-8-18(14-22(20)28-6)24-26(3,4)16-32-24/h7-10,13-14,23-24H,11-12,15-16H2,1-6H3. The van der Waals surface area contributed by atoms with E-state index in [-0.39, 0.29) is 23.0 Å². The Morgan fingerprint density at radius 3 is 1.38 bits per heavy atom. The number of ether oxygens (including phenoxy) is 6. The van der Waals surface area contributed by atoms with Crippen molar-refractivity contribution in [2.24, 2.45) is 10.8 Å². The molecule has 0 aliphatic carbocycles. The monoisotopic (exact) mass is 442 g/mol. The molecule has 2 atom stereocenters. The maximum Gasteiger partial charge on any atom is 0.161 e. The molecule has 0 N–H and O–H groups in total. The first kappa shape index (κ1) is 22.7. The van der Waals surface area contributed by atoms with E-state index in [1.54, 1.807) is 14.2 Å². The highest BCUT2D eigenvalue weighted by atomic mass is 16.6. The summed E-state index contributed by atoms with van der Waals surface area (Å²) >= 11 is 0. The Morgan fingerprint density at radius 1 is 0.688 bits per heavy atom. The third-order valence-corrected chi connectivity index (χ3v) is 6.24. The highest BCUT2D eigenvalue weighted by Crippen LogP contribution is 2.48. The van der Waals surface area contributed by atoms with Gasteiger partial charge in [0, 0.05) is 10.8 Å². The smallest absolute Gasteiger partial charge is 0.161 e. The molecule has 2 aliphatic rings. The number of benzene rings is 2. The molecule has 0 radical (unpaired) electrons. The van der Waals surface area contributed by atoms with Crippen molar-refractivity contribution in [2.45, 2.75) is 39.9 Å². The van der Waals surface area contributed by atoms with Crippen LogP contribution < -0.4 is 18.9 Å². The lowest BCUT2D eigenvalue weighted by Gasteiger charge is -2.44. The Kier molecular flexibility index (Phi) is 6.28. The van der Waals surface area contributed by atoms with E-state index in [0.717, 1.165) is 24.3 Å². The molecular formula is C26H34O6. The number of hydrogen-bond donors (Lipinski definition) is 0. The zero-order valence-corrected chi connectivity index (χ0v) is 19.9. The van der Waals surface area contributed by atoms with Crippen molar-refractivity contribution in [3.8, 4) is 23.0 Å².